The molecule has 0 unspecified atom stereocenters. The molecule has 1 aromatic rings. The summed E-state index contributed by atoms with van der Waals surface area (Å²) in [5.41, 5.74) is 0.765. The first-order valence-corrected chi connectivity index (χ1v) is 6.73. The molecule has 110 valence electrons. The van der Waals surface area contributed by atoms with Gasteiger partial charge in [-0.1, -0.05) is 43.1 Å². The number of alkyl halides is 3. The summed E-state index contributed by atoms with van der Waals surface area (Å²) in [5.74, 6) is 0. The molecule has 0 spiro atoms. The Bertz CT molecular complexity index is 381. The van der Waals surface area contributed by atoms with Gasteiger partial charge in [-0.2, -0.15) is 13.2 Å². The van der Waals surface area contributed by atoms with Crippen LogP contribution in [0.1, 0.15) is 25.8 Å². The zero-order chi connectivity index (χ0) is 15.1. The molecular weight excluding hydrogens is 298 g/mol. The number of nitrogens with zero attached hydrogens (tertiary/aromatic N) is 1. The minimum Gasteiger partial charge on any atom is -0.302 e. The monoisotopic (exact) mass is 315 g/mol. The quantitative estimate of drug-likeness (QED) is 0.718. The van der Waals surface area contributed by atoms with Crippen molar-refractivity contribution < 1.29 is 13.2 Å². The Balaban J connectivity index is 0.00000154. The van der Waals surface area contributed by atoms with Crippen LogP contribution in [0.5, 0.6) is 0 Å². The van der Waals surface area contributed by atoms with Crippen LogP contribution >= 0.6 is 23.2 Å². The first-order valence-electron chi connectivity index (χ1n) is 5.97. The maximum Gasteiger partial charge on any atom is 0.390 e. The lowest BCUT2D eigenvalue weighted by atomic mass is 10.2. The average molecular weight is 316 g/mol. The second-order valence-corrected chi connectivity index (χ2v) is 4.68. The van der Waals surface area contributed by atoms with Crippen molar-refractivity contribution in [2.75, 3.05) is 13.6 Å². The van der Waals surface area contributed by atoms with Crippen molar-refractivity contribution >= 4 is 23.2 Å². The van der Waals surface area contributed by atoms with Gasteiger partial charge in [0.25, 0.3) is 0 Å². The highest BCUT2D eigenvalue weighted by atomic mass is 35.5. The van der Waals surface area contributed by atoms with Gasteiger partial charge in [0, 0.05) is 23.1 Å². The molecule has 1 rings (SSSR count). The van der Waals surface area contributed by atoms with E-state index in [-0.39, 0.29) is 6.54 Å². The predicted molar refractivity (Wildman–Crippen MR) is 74.8 cm³/mol. The van der Waals surface area contributed by atoms with Crippen molar-refractivity contribution in [2.24, 2.45) is 0 Å². The van der Waals surface area contributed by atoms with Crippen LogP contribution in [0, 0.1) is 0 Å². The molecule has 0 aliphatic rings. The first kappa shape index (κ1) is 18.6. The Morgan fingerprint density at radius 3 is 2.21 bits per heavy atom. The molecule has 6 heteroatoms. The molecule has 0 atom stereocenters. The van der Waals surface area contributed by atoms with Gasteiger partial charge in [-0.15, -0.1) is 0 Å². The molecule has 1 aromatic carbocycles. The molecule has 0 fully saturated rings. The SMILES string of the molecule is CC.CN(CCC(F)(F)F)Cc1ccc(Cl)cc1Cl. The van der Waals surface area contributed by atoms with E-state index in [1.807, 2.05) is 13.8 Å². The molecule has 0 N–H and O–H groups in total. The number of hydrogen-bond acceptors (Lipinski definition) is 1. The number of hydrogen-bond donors (Lipinski definition) is 0. The lowest BCUT2D eigenvalue weighted by molar-refractivity contribution is -0.137. The summed E-state index contributed by atoms with van der Waals surface area (Å²) in [7, 11) is 1.62. The molecule has 0 aromatic heterocycles. The van der Waals surface area contributed by atoms with Crippen molar-refractivity contribution in [3.63, 3.8) is 0 Å². The van der Waals surface area contributed by atoms with Crippen LogP contribution in [-0.4, -0.2) is 24.7 Å². The number of halogens is 5. The van der Waals surface area contributed by atoms with Crippen LogP contribution in [0.25, 0.3) is 0 Å². The van der Waals surface area contributed by atoms with Gasteiger partial charge in [0.05, 0.1) is 6.42 Å². The van der Waals surface area contributed by atoms with Gasteiger partial charge in [0.1, 0.15) is 0 Å². The summed E-state index contributed by atoms with van der Waals surface area (Å²) in [6.45, 7) is 4.31. The highest BCUT2D eigenvalue weighted by Gasteiger charge is 2.27. The summed E-state index contributed by atoms with van der Waals surface area (Å²) >= 11 is 11.7. The molecule has 0 bridgehead atoms. The number of rotatable bonds is 4. The van der Waals surface area contributed by atoms with Crippen molar-refractivity contribution in [3.8, 4) is 0 Å². The largest absolute Gasteiger partial charge is 0.390 e. The lowest BCUT2D eigenvalue weighted by Crippen LogP contribution is -2.24. The normalized spacial score (nSPS) is 11.2. The molecule has 0 radical (unpaired) electrons. The maximum absolute atomic E-state index is 12.0. The second kappa shape index (κ2) is 8.67. The molecule has 1 nitrogen and oxygen atoms in total. The van der Waals surface area contributed by atoms with E-state index >= 15 is 0 Å². The molecular formula is C13H18Cl2F3N. The zero-order valence-corrected chi connectivity index (χ0v) is 12.7. The van der Waals surface area contributed by atoms with Crippen LogP contribution in [0.4, 0.5) is 13.2 Å². The third-order valence-corrected chi connectivity index (χ3v) is 2.82. The van der Waals surface area contributed by atoms with Gasteiger partial charge < -0.3 is 4.90 Å². The lowest BCUT2D eigenvalue weighted by Gasteiger charge is -2.18. The summed E-state index contributed by atoms with van der Waals surface area (Å²) in [4.78, 5) is 1.57. The number of benzene rings is 1. The van der Waals surface area contributed by atoms with Crippen LogP contribution in [-0.2, 0) is 6.54 Å². The summed E-state index contributed by atoms with van der Waals surface area (Å²) in [6, 6.07) is 4.96. The van der Waals surface area contributed by atoms with Gasteiger partial charge in [0.2, 0.25) is 0 Å². The summed E-state index contributed by atoms with van der Waals surface area (Å²) < 4.78 is 36.1. The van der Waals surface area contributed by atoms with E-state index in [0.717, 1.165) is 5.56 Å². The molecule has 0 amide bonds. The standard InChI is InChI=1S/C11H12Cl2F3N.C2H6/c1-17(5-4-11(14,15)16)7-8-2-3-9(12)6-10(8)13;1-2/h2-3,6H,4-5,7H2,1H3;1-2H3. The Labute approximate surface area is 122 Å². The van der Waals surface area contributed by atoms with Gasteiger partial charge in [-0.05, 0) is 24.7 Å². The van der Waals surface area contributed by atoms with E-state index < -0.39 is 12.6 Å². The third-order valence-electron chi connectivity index (χ3n) is 2.23. The predicted octanol–water partition coefficient (Wildman–Crippen LogP) is 5.40. The minimum atomic E-state index is -4.13. The smallest absolute Gasteiger partial charge is 0.302 e. The van der Waals surface area contributed by atoms with Gasteiger partial charge in [0.15, 0.2) is 0 Å². The third kappa shape index (κ3) is 8.35. The van der Waals surface area contributed by atoms with Gasteiger partial charge in [-0.3, -0.25) is 0 Å². The molecule has 0 aliphatic heterocycles. The van der Waals surface area contributed by atoms with Crippen molar-refractivity contribution in [1.29, 1.82) is 0 Å². The second-order valence-electron chi connectivity index (χ2n) is 3.84. The summed E-state index contributed by atoms with van der Waals surface area (Å²) in [6.07, 6.45) is -4.95. The van der Waals surface area contributed by atoms with Crippen LogP contribution in [0.15, 0.2) is 18.2 Å². The maximum atomic E-state index is 12.0. The van der Waals surface area contributed by atoms with Crippen molar-refractivity contribution in [1.82, 2.24) is 4.90 Å². The highest BCUT2D eigenvalue weighted by Crippen LogP contribution is 2.23. The minimum absolute atomic E-state index is 0.0531. The van der Waals surface area contributed by atoms with E-state index in [0.29, 0.717) is 16.6 Å². The first-order chi connectivity index (χ1) is 8.78. The Hall–Kier alpha value is -0.450. The van der Waals surface area contributed by atoms with Crippen LogP contribution in [0.2, 0.25) is 10.0 Å². The molecule has 19 heavy (non-hydrogen) atoms. The Morgan fingerprint density at radius 2 is 1.74 bits per heavy atom. The van der Waals surface area contributed by atoms with Crippen LogP contribution in [0.3, 0.4) is 0 Å². The van der Waals surface area contributed by atoms with E-state index in [9.17, 15) is 13.2 Å². The molecule has 0 saturated heterocycles. The Morgan fingerprint density at radius 1 is 1.16 bits per heavy atom. The van der Waals surface area contributed by atoms with Gasteiger partial charge >= 0.3 is 6.18 Å². The Kier molecular flexibility index (Phi) is 8.46. The molecule has 0 saturated carbocycles. The van der Waals surface area contributed by atoms with Crippen LogP contribution < -0.4 is 0 Å². The van der Waals surface area contributed by atoms with E-state index in [1.54, 1.807) is 30.1 Å². The average Bonchev–Trinajstić information content (AvgIpc) is 2.32. The van der Waals surface area contributed by atoms with Gasteiger partial charge in [-0.25, -0.2) is 0 Å². The molecule has 0 aliphatic carbocycles. The van der Waals surface area contributed by atoms with E-state index in [1.165, 1.54) is 0 Å². The fraction of sp³-hybridized carbons (Fsp3) is 0.538. The highest BCUT2D eigenvalue weighted by molar-refractivity contribution is 6.35. The topological polar surface area (TPSA) is 3.24 Å². The zero-order valence-electron chi connectivity index (χ0n) is 11.2. The van der Waals surface area contributed by atoms with Crippen molar-refractivity contribution in [3.05, 3.63) is 33.8 Å². The van der Waals surface area contributed by atoms with Crippen molar-refractivity contribution in [2.45, 2.75) is 33.0 Å². The molecule has 0 heterocycles. The summed E-state index contributed by atoms with van der Waals surface area (Å²) in [5, 5.41) is 0.980. The fourth-order valence-electron chi connectivity index (χ4n) is 1.34. The fourth-order valence-corrected chi connectivity index (χ4v) is 1.81. The van der Waals surface area contributed by atoms with E-state index in [2.05, 4.69) is 0 Å². The van der Waals surface area contributed by atoms with E-state index in [4.69, 9.17) is 23.2 Å².